The Morgan fingerprint density at radius 3 is 2.73 bits per heavy atom. The Balaban J connectivity index is 1.86. The van der Waals surface area contributed by atoms with Gasteiger partial charge in [0.2, 0.25) is 15.9 Å². The molecule has 2 aromatic carbocycles. The lowest BCUT2D eigenvalue weighted by molar-refractivity contribution is -0.121. The normalized spacial score (nSPS) is 20.1. The van der Waals surface area contributed by atoms with Crippen molar-refractivity contribution in [3.8, 4) is 5.75 Å². The Morgan fingerprint density at radius 2 is 2.07 bits per heavy atom. The number of hydrogen-bond acceptors (Lipinski definition) is 4. The monoisotopic (exact) mass is 454 g/mol. The summed E-state index contributed by atoms with van der Waals surface area (Å²) in [7, 11) is -3.87. The van der Waals surface area contributed by atoms with Gasteiger partial charge in [-0.2, -0.15) is 4.31 Å². The van der Waals surface area contributed by atoms with Gasteiger partial charge in [-0.1, -0.05) is 17.7 Å². The summed E-state index contributed by atoms with van der Waals surface area (Å²) in [6, 6.07) is 10.4. The van der Waals surface area contributed by atoms with Crippen LogP contribution in [0.1, 0.15) is 24.8 Å². The van der Waals surface area contributed by atoms with Gasteiger partial charge in [0.05, 0.1) is 11.5 Å². The molecule has 1 saturated heterocycles. The molecule has 0 saturated carbocycles. The predicted molar refractivity (Wildman–Crippen MR) is 112 cm³/mol. The summed E-state index contributed by atoms with van der Waals surface area (Å²) in [6.07, 6.45) is 1.12. The number of halogens is 2. The maximum atomic E-state index is 13.4. The van der Waals surface area contributed by atoms with Gasteiger partial charge < -0.3 is 10.5 Å². The summed E-state index contributed by atoms with van der Waals surface area (Å²) >= 11 is 5.99. The van der Waals surface area contributed by atoms with Gasteiger partial charge in [0.15, 0.2) is 0 Å². The molecule has 1 heterocycles. The Hall–Kier alpha value is -2.16. The van der Waals surface area contributed by atoms with E-state index >= 15 is 0 Å². The molecule has 2 N–H and O–H groups in total. The summed E-state index contributed by atoms with van der Waals surface area (Å²) in [6.45, 7) is 2.05. The fourth-order valence-electron chi connectivity index (χ4n) is 3.89. The molecule has 1 atom stereocenters. The quantitative estimate of drug-likeness (QED) is 0.693. The van der Waals surface area contributed by atoms with Crippen LogP contribution in [0.2, 0.25) is 5.02 Å². The third kappa shape index (κ3) is 5.11. The molecule has 0 aromatic heterocycles. The molecule has 1 aliphatic rings. The number of nitrogens with two attached hydrogens (primary N) is 1. The van der Waals surface area contributed by atoms with Crippen LogP contribution in [0.15, 0.2) is 47.4 Å². The Morgan fingerprint density at radius 1 is 1.30 bits per heavy atom. The first kappa shape index (κ1) is 22.5. The first-order valence-corrected chi connectivity index (χ1v) is 11.4. The number of aryl methyl sites for hydroxylation is 1. The third-order valence-electron chi connectivity index (χ3n) is 5.27. The molecule has 30 heavy (non-hydrogen) atoms. The van der Waals surface area contributed by atoms with E-state index < -0.39 is 27.2 Å². The minimum atomic E-state index is -3.87. The summed E-state index contributed by atoms with van der Waals surface area (Å²) < 4.78 is 47.1. The van der Waals surface area contributed by atoms with Gasteiger partial charge in [-0.05, 0) is 61.7 Å². The molecule has 2 aromatic rings. The van der Waals surface area contributed by atoms with Crippen molar-refractivity contribution in [2.45, 2.75) is 31.1 Å². The number of primary amides is 1. The fraction of sp³-hybridized carbons (Fsp3) is 0.381. The lowest BCUT2D eigenvalue weighted by Crippen LogP contribution is -2.50. The Kier molecular flexibility index (Phi) is 6.69. The highest BCUT2D eigenvalue weighted by atomic mass is 35.5. The number of piperidine rings is 1. The van der Waals surface area contributed by atoms with Crippen molar-refractivity contribution in [3.63, 3.8) is 0 Å². The second-order valence-corrected chi connectivity index (χ2v) is 10.1. The smallest absolute Gasteiger partial charge is 0.243 e. The van der Waals surface area contributed by atoms with Gasteiger partial charge in [-0.3, -0.25) is 4.79 Å². The van der Waals surface area contributed by atoms with E-state index in [1.165, 1.54) is 16.4 Å². The topological polar surface area (TPSA) is 89.7 Å². The van der Waals surface area contributed by atoms with E-state index in [0.29, 0.717) is 35.7 Å². The van der Waals surface area contributed by atoms with Crippen molar-refractivity contribution in [3.05, 3.63) is 58.9 Å². The second kappa shape index (κ2) is 8.91. The van der Waals surface area contributed by atoms with Crippen LogP contribution in [0.25, 0.3) is 0 Å². The van der Waals surface area contributed by atoms with E-state index in [2.05, 4.69) is 0 Å². The number of rotatable bonds is 7. The van der Waals surface area contributed by atoms with Gasteiger partial charge in [0.1, 0.15) is 11.6 Å². The summed E-state index contributed by atoms with van der Waals surface area (Å²) in [5.41, 5.74) is 5.04. The van der Waals surface area contributed by atoms with E-state index in [-0.39, 0.29) is 24.5 Å². The lowest BCUT2D eigenvalue weighted by atomic mass is 9.78. The van der Waals surface area contributed by atoms with E-state index in [4.69, 9.17) is 22.1 Å². The molecule has 162 valence electrons. The summed E-state index contributed by atoms with van der Waals surface area (Å²) in [4.78, 5) is 11.8. The van der Waals surface area contributed by atoms with Crippen molar-refractivity contribution in [1.82, 2.24) is 4.31 Å². The SMILES string of the molecule is Cc1cc(F)ccc1S(=O)(=O)N1CCC[C@@](COc2cccc(Cl)c2)(CC(N)=O)C1. The molecule has 6 nitrogen and oxygen atoms in total. The van der Waals surface area contributed by atoms with Crippen molar-refractivity contribution in [2.75, 3.05) is 19.7 Å². The number of carbonyl (C=O) groups is 1. The second-order valence-electron chi connectivity index (χ2n) is 7.74. The molecule has 0 spiro atoms. The Bertz CT molecular complexity index is 1050. The van der Waals surface area contributed by atoms with Crippen LogP contribution >= 0.6 is 11.6 Å². The molecule has 3 rings (SSSR count). The van der Waals surface area contributed by atoms with Gasteiger partial charge >= 0.3 is 0 Å². The number of hydrogen-bond donors (Lipinski definition) is 1. The minimum absolute atomic E-state index is 0.0119. The number of carbonyl (C=O) groups excluding carboxylic acids is 1. The maximum absolute atomic E-state index is 13.4. The van der Waals surface area contributed by atoms with Crippen LogP contribution < -0.4 is 10.5 Å². The number of sulfonamides is 1. The molecule has 9 heteroatoms. The molecule has 0 radical (unpaired) electrons. The lowest BCUT2D eigenvalue weighted by Gasteiger charge is -2.41. The fourth-order valence-corrected chi connectivity index (χ4v) is 5.86. The average Bonchev–Trinajstić information content (AvgIpc) is 2.66. The zero-order valence-electron chi connectivity index (χ0n) is 16.6. The van der Waals surface area contributed by atoms with Crippen LogP contribution in [0.4, 0.5) is 4.39 Å². The molecule has 0 unspecified atom stereocenters. The molecule has 1 amide bonds. The van der Waals surface area contributed by atoms with Crippen molar-refractivity contribution in [2.24, 2.45) is 11.1 Å². The molecule has 0 bridgehead atoms. The number of nitrogens with zero attached hydrogens (tertiary/aromatic N) is 1. The van der Waals surface area contributed by atoms with Crippen molar-refractivity contribution >= 4 is 27.5 Å². The number of amides is 1. The van der Waals surface area contributed by atoms with Crippen molar-refractivity contribution in [1.29, 1.82) is 0 Å². The minimum Gasteiger partial charge on any atom is -0.493 e. The molecule has 1 aliphatic heterocycles. The highest BCUT2D eigenvalue weighted by molar-refractivity contribution is 7.89. The van der Waals surface area contributed by atoms with Crippen LogP contribution in [0.3, 0.4) is 0 Å². The number of benzene rings is 2. The molecular formula is C21H24ClFN2O4S. The van der Waals surface area contributed by atoms with E-state index in [0.717, 1.165) is 6.07 Å². The predicted octanol–water partition coefficient (Wildman–Crippen LogP) is 3.51. The van der Waals surface area contributed by atoms with Gasteiger partial charge in [0, 0.05) is 29.9 Å². The van der Waals surface area contributed by atoms with Crippen LogP contribution in [-0.2, 0) is 14.8 Å². The van der Waals surface area contributed by atoms with Crippen LogP contribution in [0, 0.1) is 18.2 Å². The molecule has 0 aliphatic carbocycles. The van der Waals surface area contributed by atoms with Crippen LogP contribution in [-0.4, -0.2) is 38.3 Å². The Labute approximate surface area is 180 Å². The highest BCUT2D eigenvalue weighted by Gasteiger charge is 2.42. The van der Waals surface area contributed by atoms with Gasteiger partial charge in [-0.15, -0.1) is 0 Å². The largest absolute Gasteiger partial charge is 0.493 e. The molecule has 1 fully saturated rings. The van der Waals surface area contributed by atoms with Gasteiger partial charge in [0.25, 0.3) is 0 Å². The standard InChI is InChI=1S/C21H24ClFN2O4S/c1-15-10-17(23)6-7-19(15)30(27,28)25-9-3-8-21(13-25,12-20(24)26)14-29-18-5-2-4-16(22)11-18/h2,4-7,10-11H,3,8-9,12-14H2,1H3,(H2,24,26)/t21-/m1/s1. The van der Waals surface area contributed by atoms with E-state index in [1.54, 1.807) is 31.2 Å². The van der Waals surface area contributed by atoms with Gasteiger partial charge in [-0.25, -0.2) is 12.8 Å². The van der Waals surface area contributed by atoms with Crippen molar-refractivity contribution < 1.29 is 22.3 Å². The third-order valence-corrected chi connectivity index (χ3v) is 7.51. The zero-order chi connectivity index (χ0) is 21.9. The summed E-state index contributed by atoms with van der Waals surface area (Å²) in [5, 5.41) is 0.510. The van der Waals surface area contributed by atoms with E-state index in [1.807, 2.05) is 0 Å². The zero-order valence-corrected chi connectivity index (χ0v) is 18.2. The first-order valence-electron chi connectivity index (χ1n) is 9.54. The van der Waals surface area contributed by atoms with E-state index in [9.17, 15) is 17.6 Å². The average molecular weight is 455 g/mol. The number of ether oxygens (including phenoxy) is 1. The summed E-state index contributed by atoms with van der Waals surface area (Å²) in [5.74, 6) is -0.495. The van der Waals surface area contributed by atoms with Crippen LogP contribution in [0.5, 0.6) is 5.75 Å². The molecular weight excluding hydrogens is 431 g/mol. The first-order chi connectivity index (χ1) is 14.1. The maximum Gasteiger partial charge on any atom is 0.243 e. The highest BCUT2D eigenvalue weighted by Crippen LogP contribution is 2.37.